The molecule has 138 valence electrons. The average Bonchev–Trinajstić information content (AvgIpc) is 2.58. The predicted octanol–water partition coefficient (Wildman–Crippen LogP) is 1.70. The van der Waals surface area contributed by atoms with Crippen molar-refractivity contribution in [3.8, 4) is 0 Å². The quantitative estimate of drug-likeness (QED) is 0.544. The molecule has 3 N–H and O–H groups in total. The number of carbonyl (C=O) groups excluding carboxylic acids is 2. The van der Waals surface area contributed by atoms with Crippen LogP contribution in [0.5, 0.6) is 0 Å². The number of benzene rings is 1. The van der Waals surface area contributed by atoms with Crippen LogP contribution in [0.4, 0.5) is 0 Å². The van der Waals surface area contributed by atoms with Crippen molar-refractivity contribution in [1.82, 2.24) is 10.6 Å². The van der Waals surface area contributed by atoms with Crippen LogP contribution in [0.3, 0.4) is 0 Å². The zero-order valence-electron chi connectivity index (χ0n) is 14.3. The Labute approximate surface area is 151 Å². The maximum absolute atomic E-state index is 12.3. The first-order chi connectivity index (χ1) is 11.8. The second kappa shape index (κ2) is 10.7. The second-order valence-corrected chi connectivity index (χ2v) is 6.02. The monoisotopic (exact) mass is 370 g/mol. The highest BCUT2D eigenvalue weighted by molar-refractivity contribution is 6.30. The number of hydrogen-bond donors (Lipinski definition) is 3. The fraction of sp³-hybridized carbons (Fsp3) is 0.471. The fourth-order valence-corrected chi connectivity index (χ4v) is 2.17. The number of rotatable bonds is 10. The molecule has 0 saturated carbocycles. The van der Waals surface area contributed by atoms with E-state index in [9.17, 15) is 14.4 Å². The van der Waals surface area contributed by atoms with E-state index < -0.39 is 18.6 Å². The van der Waals surface area contributed by atoms with Gasteiger partial charge < -0.3 is 20.5 Å². The van der Waals surface area contributed by atoms with Crippen molar-refractivity contribution in [3.05, 3.63) is 34.9 Å². The molecule has 0 aliphatic rings. The molecular weight excluding hydrogens is 348 g/mol. The van der Waals surface area contributed by atoms with Crippen molar-refractivity contribution in [1.29, 1.82) is 0 Å². The van der Waals surface area contributed by atoms with E-state index in [1.165, 1.54) is 0 Å². The van der Waals surface area contributed by atoms with Crippen molar-refractivity contribution in [2.24, 2.45) is 5.92 Å². The number of aliphatic carboxylic acids is 1. The summed E-state index contributed by atoms with van der Waals surface area (Å²) in [6, 6.07) is 5.68. The first-order valence-corrected chi connectivity index (χ1v) is 8.36. The molecule has 1 rings (SSSR count). The standard InChI is InChI=1S/C17H23ClN2O5/c1-3-11(2)15(17(24)19-8-9-25-10-14(21)22)20-16(23)12-4-6-13(18)7-5-12/h4-7,11,15H,3,8-10H2,1-2H3,(H,19,24)(H,20,23)(H,21,22). The molecule has 2 atom stereocenters. The predicted molar refractivity (Wildman–Crippen MR) is 93.6 cm³/mol. The van der Waals surface area contributed by atoms with Crippen LogP contribution in [-0.2, 0) is 14.3 Å². The van der Waals surface area contributed by atoms with E-state index in [0.29, 0.717) is 17.0 Å². The van der Waals surface area contributed by atoms with Crippen molar-refractivity contribution in [3.63, 3.8) is 0 Å². The van der Waals surface area contributed by atoms with Gasteiger partial charge in [-0.2, -0.15) is 0 Å². The third kappa shape index (κ3) is 7.53. The maximum atomic E-state index is 12.3. The second-order valence-electron chi connectivity index (χ2n) is 5.58. The lowest BCUT2D eigenvalue weighted by Crippen LogP contribution is -2.50. The lowest BCUT2D eigenvalue weighted by Gasteiger charge is -2.23. The van der Waals surface area contributed by atoms with Gasteiger partial charge in [0.25, 0.3) is 5.91 Å². The molecule has 0 heterocycles. The van der Waals surface area contributed by atoms with Gasteiger partial charge in [0.15, 0.2) is 0 Å². The van der Waals surface area contributed by atoms with Gasteiger partial charge in [-0.3, -0.25) is 9.59 Å². The molecule has 8 heteroatoms. The summed E-state index contributed by atoms with van der Waals surface area (Å²) in [5.41, 5.74) is 0.412. The molecule has 25 heavy (non-hydrogen) atoms. The Bertz CT molecular complexity index is 591. The highest BCUT2D eigenvalue weighted by Crippen LogP contribution is 2.12. The van der Waals surface area contributed by atoms with Crippen LogP contribution in [0.2, 0.25) is 5.02 Å². The Kier molecular flexibility index (Phi) is 8.94. The van der Waals surface area contributed by atoms with Gasteiger partial charge in [0.1, 0.15) is 12.6 Å². The Morgan fingerprint density at radius 1 is 1.24 bits per heavy atom. The largest absolute Gasteiger partial charge is 0.480 e. The molecule has 0 fully saturated rings. The van der Waals surface area contributed by atoms with Gasteiger partial charge in [-0.1, -0.05) is 31.9 Å². The van der Waals surface area contributed by atoms with Crippen LogP contribution >= 0.6 is 11.6 Å². The molecule has 0 spiro atoms. The smallest absolute Gasteiger partial charge is 0.329 e. The van der Waals surface area contributed by atoms with Gasteiger partial charge in [-0.05, 0) is 30.2 Å². The summed E-state index contributed by atoms with van der Waals surface area (Å²) in [7, 11) is 0. The number of halogens is 1. The molecule has 0 bridgehead atoms. The van der Waals surface area contributed by atoms with Gasteiger partial charge in [0.2, 0.25) is 5.91 Å². The van der Waals surface area contributed by atoms with Crippen molar-refractivity contribution >= 4 is 29.4 Å². The number of carboxylic acid groups (broad SMARTS) is 1. The van der Waals surface area contributed by atoms with E-state index in [-0.39, 0.29) is 30.9 Å². The maximum Gasteiger partial charge on any atom is 0.329 e. The van der Waals surface area contributed by atoms with Crippen LogP contribution < -0.4 is 10.6 Å². The summed E-state index contributed by atoms with van der Waals surface area (Å²) in [6.07, 6.45) is 0.703. The third-order valence-electron chi connectivity index (χ3n) is 3.66. The van der Waals surface area contributed by atoms with Crippen molar-refractivity contribution in [2.75, 3.05) is 19.8 Å². The molecule has 0 saturated heterocycles. The molecular formula is C17H23ClN2O5. The summed E-state index contributed by atoms with van der Waals surface area (Å²) in [6.45, 7) is 3.62. The molecule has 1 aromatic carbocycles. The molecule has 7 nitrogen and oxygen atoms in total. The third-order valence-corrected chi connectivity index (χ3v) is 3.91. The fourth-order valence-electron chi connectivity index (χ4n) is 2.04. The summed E-state index contributed by atoms with van der Waals surface area (Å²) >= 11 is 5.80. The number of carbonyl (C=O) groups is 3. The van der Waals surface area contributed by atoms with Crippen LogP contribution in [0.15, 0.2) is 24.3 Å². The van der Waals surface area contributed by atoms with Crippen LogP contribution in [0.1, 0.15) is 30.6 Å². The SMILES string of the molecule is CCC(C)C(NC(=O)c1ccc(Cl)cc1)C(=O)NCCOCC(=O)O. The molecule has 0 aromatic heterocycles. The number of hydrogen-bond acceptors (Lipinski definition) is 4. The Morgan fingerprint density at radius 2 is 1.88 bits per heavy atom. The highest BCUT2D eigenvalue weighted by atomic mass is 35.5. The minimum absolute atomic E-state index is 0.0730. The number of nitrogens with one attached hydrogen (secondary N) is 2. The summed E-state index contributed by atoms with van der Waals surface area (Å²) in [5.74, 6) is -1.84. The first kappa shape index (κ1) is 20.9. The zero-order valence-corrected chi connectivity index (χ0v) is 15.0. The van der Waals surface area contributed by atoms with E-state index in [0.717, 1.165) is 0 Å². The van der Waals surface area contributed by atoms with Gasteiger partial charge in [0.05, 0.1) is 6.61 Å². The number of amides is 2. The van der Waals surface area contributed by atoms with E-state index in [2.05, 4.69) is 10.6 Å². The van der Waals surface area contributed by atoms with Crippen LogP contribution in [0, 0.1) is 5.92 Å². The molecule has 0 aliphatic heterocycles. The molecule has 2 unspecified atom stereocenters. The summed E-state index contributed by atoms with van der Waals surface area (Å²) in [4.78, 5) is 35.0. The van der Waals surface area contributed by atoms with E-state index >= 15 is 0 Å². The van der Waals surface area contributed by atoms with Gasteiger partial charge in [-0.25, -0.2) is 4.79 Å². The lowest BCUT2D eigenvalue weighted by molar-refractivity contribution is -0.142. The van der Waals surface area contributed by atoms with Crippen molar-refractivity contribution in [2.45, 2.75) is 26.3 Å². The van der Waals surface area contributed by atoms with Gasteiger partial charge >= 0.3 is 5.97 Å². The van der Waals surface area contributed by atoms with E-state index in [4.69, 9.17) is 21.4 Å². The molecule has 2 amide bonds. The normalized spacial score (nSPS) is 12.9. The highest BCUT2D eigenvalue weighted by Gasteiger charge is 2.26. The van der Waals surface area contributed by atoms with Crippen LogP contribution in [-0.4, -0.2) is 48.7 Å². The minimum atomic E-state index is -1.07. The number of carboxylic acids is 1. The lowest BCUT2D eigenvalue weighted by atomic mass is 9.98. The Morgan fingerprint density at radius 3 is 2.44 bits per heavy atom. The first-order valence-electron chi connectivity index (χ1n) is 7.98. The van der Waals surface area contributed by atoms with Crippen LogP contribution in [0.25, 0.3) is 0 Å². The zero-order chi connectivity index (χ0) is 18.8. The minimum Gasteiger partial charge on any atom is -0.480 e. The summed E-state index contributed by atoms with van der Waals surface area (Å²) in [5, 5.41) is 14.4. The summed E-state index contributed by atoms with van der Waals surface area (Å²) < 4.78 is 4.86. The van der Waals surface area contributed by atoms with E-state index in [1.54, 1.807) is 24.3 Å². The topological polar surface area (TPSA) is 105 Å². The molecule has 1 aromatic rings. The Balaban J connectivity index is 2.60. The average molecular weight is 371 g/mol. The Hall–Kier alpha value is -2.12. The van der Waals surface area contributed by atoms with Gasteiger partial charge in [-0.15, -0.1) is 0 Å². The molecule has 0 radical (unpaired) electrons. The molecule has 0 aliphatic carbocycles. The van der Waals surface area contributed by atoms with Crippen molar-refractivity contribution < 1.29 is 24.2 Å². The van der Waals surface area contributed by atoms with Gasteiger partial charge in [0, 0.05) is 17.1 Å². The van der Waals surface area contributed by atoms with E-state index in [1.807, 2.05) is 13.8 Å². The number of ether oxygens (including phenoxy) is 1.